The molecule has 0 aromatic rings. The number of carboxylic acids is 1. The fraction of sp³-hybridized carbons (Fsp3) is 0.909. The van der Waals surface area contributed by atoms with E-state index >= 15 is 0 Å². The monoisotopic (exact) mass is 216 g/mol. The minimum atomic E-state index is -0.840. The van der Waals surface area contributed by atoms with Gasteiger partial charge in [-0.05, 0) is 11.3 Å². The zero-order chi connectivity index (χ0) is 12.1. The van der Waals surface area contributed by atoms with E-state index in [9.17, 15) is 4.79 Å². The molecule has 0 aliphatic carbocycles. The molecule has 0 amide bonds. The summed E-state index contributed by atoms with van der Waals surface area (Å²) < 4.78 is 0. The van der Waals surface area contributed by atoms with Gasteiger partial charge in [0, 0.05) is 19.1 Å². The van der Waals surface area contributed by atoms with Crippen LogP contribution >= 0.6 is 0 Å². The molecule has 4 N–H and O–H groups in total. The van der Waals surface area contributed by atoms with Gasteiger partial charge in [0.05, 0.1) is 6.42 Å². The molecule has 1 atom stereocenters. The molecular formula is C11H24N2O2. The SMILES string of the molecule is CC(C)C(C)(C)CNCC(N)CC(=O)O. The van der Waals surface area contributed by atoms with Crippen LogP contribution in [0.5, 0.6) is 0 Å². The van der Waals surface area contributed by atoms with E-state index in [1.807, 2.05) is 0 Å². The van der Waals surface area contributed by atoms with Crippen molar-refractivity contribution in [2.24, 2.45) is 17.1 Å². The Hall–Kier alpha value is -0.610. The lowest BCUT2D eigenvalue weighted by Crippen LogP contribution is -2.41. The first-order valence-electron chi connectivity index (χ1n) is 5.44. The van der Waals surface area contributed by atoms with Crippen LogP contribution in [0, 0.1) is 11.3 Å². The number of carboxylic acid groups (broad SMARTS) is 1. The molecule has 0 aromatic carbocycles. The topological polar surface area (TPSA) is 75.3 Å². The Morgan fingerprint density at radius 3 is 2.40 bits per heavy atom. The zero-order valence-corrected chi connectivity index (χ0v) is 10.2. The molecular weight excluding hydrogens is 192 g/mol. The van der Waals surface area contributed by atoms with Crippen LogP contribution in [-0.2, 0) is 4.79 Å². The first-order valence-corrected chi connectivity index (χ1v) is 5.44. The van der Waals surface area contributed by atoms with E-state index in [1.165, 1.54) is 0 Å². The fourth-order valence-corrected chi connectivity index (χ4v) is 1.08. The van der Waals surface area contributed by atoms with Crippen molar-refractivity contribution in [1.29, 1.82) is 0 Å². The molecule has 0 aromatic heterocycles. The largest absolute Gasteiger partial charge is 0.481 e. The van der Waals surface area contributed by atoms with Gasteiger partial charge in [-0.15, -0.1) is 0 Å². The Balaban J connectivity index is 3.74. The second kappa shape index (κ2) is 6.08. The highest BCUT2D eigenvalue weighted by Crippen LogP contribution is 2.24. The van der Waals surface area contributed by atoms with Gasteiger partial charge < -0.3 is 16.2 Å². The molecule has 0 aliphatic heterocycles. The number of aliphatic carboxylic acids is 1. The summed E-state index contributed by atoms with van der Waals surface area (Å²) in [6.45, 7) is 10.2. The second-order valence-corrected chi connectivity index (χ2v) is 5.13. The van der Waals surface area contributed by atoms with Crippen molar-refractivity contribution in [1.82, 2.24) is 5.32 Å². The number of carbonyl (C=O) groups is 1. The number of nitrogens with one attached hydrogen (secondary N) is 1. The molecule has 0 bridgehead atoms. The molecule has 0 radical (unpaired) electrons. The Labute approximate surface area is 92.2 Å². The van der Waals surface area contributed by atoms with Crippen LogP contribution in [0.1, 0.15) is 34.1 Å². The molecule has 90 valence electrons. The summed E-state index contributed by atoms with van der Waals surface area (Å²) in [5.74, 6) is -0.256. The van der Waals surface area contributed by atoms with Gasteiger partial charge in [0.1, 0.15) is 0 Å². The molecule has 15 heavy (non-hydrogen) atoms. The highest BCUT2D eigenvalue weighted by atomic mass is 16.4. The highest BCUT2D eigenvalue weighted by Gasteiger charge is 2.21. The van der Waals surface area contributed by atoms with Crippen LogP contribution in [0.15, 0.2) is 0 Å². The standard InChI is InChI=1S/C11H24N2O2/c1-8(2)11(3,4)7-13-6-9(12)5-10(14)15/h8-9,13H,5-7,12H2,1-4H3,(H,14,15). The molecule has 0 aliphatic rings. The van der Waals surface area contributed by atoms with Gasteiger partial charge in [-0.25, -0.2) is 0 Å². The van der Waals surface area contributed by atoms with Crippen molar-refractivity contribution in [2.45, 2.75) is 40.2 Å². The van der Waals surface area contributed by atoms with Crippen molar-refractivity contribution in [3.63, 3.8) is 0 Å². The summed E-state index contributed by atoms with van der Waals surface area (Å²) in [6.07, 6.45) is 0.0229. The van der Waals surface area contributed by atoms with E-state index in [4.69, 9.17) is 10.8 Å². The molecule has 0 spiro atoms. The highest BCUT2D eigenvalue weighted by molar-refractivity contribution is 5.67. The third-order valence-electron chi connectivity index (χ3n) is 2.99. The van der Waals surface area contributed by atoms with E-state index in [-0.39, 0.29) is 17.9 Å². The maximum Gasteiger partial charge on any atom is 0.304 e. The minimum Gasteiger partial charge on any atom is -0.481 e. The van der Waals surface area contributed by atoms with E-state index in [2.05, 4.69) is 33.0 Å². The average Bonchev–Trinajstić information content (AvgIpc) is 2.01. The molecule has 0 rings (SSSR count). The van der Waals surface area contributed by atoms with E-state index < -0.39 is 5.97 Å². The quantitative estimate of drug-likeness (QED) is 0.595. The smallest absolute Gasteiger partial charge is 0.304 e. The molecule has 0 heterocycles. The Morgan fingerprint density at radius 2 is 2.00 bits per heavy atom. The van der Waals surface area contributed by atoms with Gasteiger partial charge in [0.25, 0.3) is 0 Å². The summed E-state index contributed by atoms with van der Waals surface area (Å²) in [5.41, 5.74) is 5.85. The summed E-state index contributed by atoms with van der Waals surface area (Å²) in [7, 11) is 0. The third kappa shape index (κ3) is 6.47. The summed E-state index contributed by atoms with van der Waals surface area (Å²) in [6, 6.07) is -0.300. The van der Waals surface area contributed by atoms with Crippen LogP contribution < -0.4 is 11.1 Å². The Morgan fingerprint density at radius 1 is 1.47 bits per heavy atom. The molecule has 4 heteroatoms. The van der Waals surface area contributed by atoms with Gasteiger partial charge in [-0.2, -0.15) is 0 Å². The van der Waals surface area contributed by atoms with Crippen molar-refractivity contribution < 1.29 is 9.90 Å². The molecule has 0 saturated heterocycles. The number of rotatable bonds is 7. The lowest BCUT2D eigenvalue weighted by atomic mass is 9.81. The average molecular weight is 216 g/mol. The summed E-state index contributed by atoms with van der Waals surface area (Å²) in [4.78, 5) is 10.4. The van der Waals surface area contributed by atoms with Crippen molar-refractivity contribution in [2.75, 3.05) is 13.1 Å². The van der Waals surface area contributed by atoms with Crippen molar-refractivity contribution in [3.05, 3.63) is 0 Å². The lowest BCUT2D eigenvalue weighted by molar-refractivity contribution is -0.137. The number of hydrogen-bond acceptors (Lipinski definition) is 3. The molecule has 4 nitrogen and oxygen atoms in total. The van der Waals surface area contributed by atoms with Crippen LogP contribution in [0.2, 0.25) is 0 Å². The van der Waals surface area contributed by atoms with Crippen molar-refractivity contribution >= 4 is 5.97 Å². The van der Waals surface area contributed by atoms with Gasteiger partial charge in [0.2, 0.25) is 0 Å². The van der Waals surface area contributed by atoms with Gasteiger partial charge >= 0.3 is 5.97 Å². The van der Waals surface area contributed by atoms with E-state index in [0.717, 1.165) is 6.54 Å². The maximum absolute atomic E-state index is 10.4. The normalized spacial score (nSPS) is 14.3. The predicted molar refractivity (Wildman–Crippen MR) is 61.7 cm³/mol. The molecule has 1 unspecified atom stereocenters. The van der Waals surface area contributed by atoms with Crippen LogP contribution in [0.4, 0.5) is 0 Å². The Kier molecular flexibility index (Phi) is 5.83. The molecule has 0 saturated carbocycles. The van der Waals surface area contributed by atoms with Gasteiger partial charge in [-0.3, -0.25) is 4.79 Å². The summed E-state index contributed by atoms with van der Waals surface area (Å²) >= 11 is 0. The first-order chi connectivity index (χ1) is 6.75. The van der Waals surface area contributed by atoms with E-state index in [1.54, 1.807) is 0 Å². The van der Waals surface area contributed by atoms with Crippen molar-refractivity contribution in [3.8, 4) is 0 Å². The minimum absolute atomic E-state index is 0.0229. The Bertz CT molecular complexity index is 203. The zero-order valence-electron chi connectivity index (χ0n) is 10.2. The molecule has 0 fully saturated rings. The van der Waals surface area contributed by atoms with Crippen LogP contribution in [-0.4, -0.2) is 30.2 Å². The first kappa shape index (κ1) is 14.4. The summed E-state index contributed by atoms with van der Waals surface area (Å²) in [5, 5.41) is 11.7. The van der Waals surface area contributed by atoms with Gasteiger partial charge in [0.15, 0.2) is 0 Å². The van der Waals surface area contributed by atoms with Gasteiger partial charge in [-0.1, -0.05) is 27.7 Å². The second-order valence-electron chi connectivity index (χ2n) is 5.13. The van der Waals surface area contributed by atoms with E-state index in [0.29, 0.717) is 12.5 Å². The van der Waals surface area contributed by atoms with Crippen LogP contribution in [0.3, 0.4) is 0 Å². The predicted octanol–water partition coefficient (Wildman–Crippen LogP) is 1.06. The fourth-order valence-electron chi connectivity index (χ4n) is 1.08. The number of hydrogen-bond donors (Lipinski definition) is 3. The maximum atomic E-state index is 10.4. The lowest BCUT2D eigenvalue weighted by Gasteiger charge is -2.30. The van der Waals surface area contributed by atoms with Crippen LogP contribution in [0.25, 0.3) is 0 Å². The third-order valence-corrected chi connectivity index (χ3v) is 2.99. The number of nitrogens with two attached hydrogens (primary N) is 1.